The molecule has 0 saturated carbocycles. The highest BCUT2D eigenvalue weighted by Gasteiger charge is 2.27. The number of hydrogen-bond donors (Lipinski definition) is 1. The van der Waals surface area contributed by atoms with Gasteiger partial charge in [0.1, 0.15) is 5.82 Å². The molecule has 2 rings (SSSR count). The van der Waals surface area contributed by atoms with Gasteiger partial charge in [-0.15, -0.1) is 0 Å². The Morgan fingerprint density at radius 2 is 1.82 bits per heavy atom. The van der Waals surface area contributed by atoms with Crippen LogP contribution in [0, 0.1) is 5.41 Å². The highest BCUT2D eigenvalue weighted by molar-refractivity contribution is 9.10. The van der Waals surface area contributed by atoms with Crippen molar-refractivity contribution >= 4 is 39.2 Å². The van der Waals surface area contributed by atoms with E-state index in [0.29, 0.717) is 11.6 Å². The van der Waals surface area contributed by atoms with Gasteiger partial charge in [-0.05, 0) is 40.2 Å². The summed E-state index contributed by atoms with van der Waals surface area (Å²) in [6.07, 6.45) is 3.37. The number of anilines is 3. The number of hydrogen-bond acceptors (Lipinski definition) is 4. The normalized spacial score (nSPS) is 11.1. The number of carbonyl (C=O) groups is 1. The fraction of sp³-hybridized carbons (Fsp3) is 0.312. The van der Waals surface area contributed by atoms with Crippen LogP contribution < -0.4 is 10.2 Å². The van der Waals surface area contributed by atoms with Gasteiger partial charge in [-0.25, -0.2) is 9.97 Å². The van der Waals surface area contributed by atoms with Crippen LogP contribution in [0.5, 0.6) is 0 Å². The van der Waals surface area contributed by atoms with E-state index in [0.717, 1.165) is 10.2 Å². The van der Waals surface area contributed by atoms with Gasteiger partial charge in [0.15, 0.2) is 5.82 Å². The summed E-state index contributed by atoms with van der Waals surface area (Å²) in [5, 5.41) is 3.21. The molecule has 0 aromatic carbocycles. The molecule has 0 atom stereocenters. The molecular weight excluding hydrogens is 344 g/mol. The van der Waals surface area contributed by atoms with E-state index >= 15 is 0 Å². The van der Waals surface area contributed by atoms with Gasteiger partial charge in [0.2, 0.25) is 5.91 Å². The van der Waals surface area contributed by atoms with E-state index in [4.69, 9.17) is 0 Å². The highest BCUT2D eigenvalue weighted by Crippen LogP contribution is 2.30. The first-order valence-electron chi connectivity index (χ1n) is 6.91. The molecule has 0 unspecified atom stereocenters. The number of aromatic nitrogens is 2. The van der Waals surface area contributed by atoms with Crippen molar-refractivity contribution in [1.29, 1.82) is 0 Å². The molecule has 116 valence electrons. The van der Waals surface area contributed by atoms with Gasteiger partial charge in [-0.1, -0.05) is 20.8 Å². The highest BCUT2D eigenvalue weighted by atomic mass is 79.9. The van der Waals surface area contributed by atoms with Crippen LogP contribution in [0.15, 0.2) is 41.1 Å². The summed E-state index contributed by atoms with van der Waals surface area (Å²) in [5.41, 5.74) is 0.247. The molecule has 0 bridgehead atoms. The van der Waals surface area contributed by atoms with E-state index in [9.17, 15) is 4.79 Å². The number of pyridine rings is 2. The lowest BCUT2D eigenvalue weighted by Crippen LogP contribution is -2.37. The van der Waals surface area contributed by atoms with Crippen LogP contribution in [0.25, 0.3) is 0 Å². The summed E-state index contributed by atoms with van der Waals surface area (Å²) in [5.74, 6) is 1.24. The van der Waals surface area contributed by atoms with Crippen molar-refractivity contribution in [2.45, 2.75) is 20.8 Å². The van der Waals surface area contributed by atoms with E-state index in [1.165, 1.54) is 0 Å². The predicted octanol–water partition coefficient (Wildman–Crippen LogP) is 3.99. The van der Waals surface area contributed by atoms with Crippen LogP contribution in [0.2, 0.25) is 0 Å². The SMILES string of the molecule is CN(C(=O)C(C)(C)C)c1ncccc1Nc1ncccc1Br. The molecule has 0 aliphatic heterocycles. The smallest absolute Gasteiger partial charge is 0.233 e. The second-order valence-corrected chi connectivity index (χ2v) is 6.80. The van der Waals surface area contributed by atoms with Gasteiger partial charge in [-0.3, -0.25) is 9.69 Å². The van der Waals surface area contributed by atoms with Gasteiger partial charge in [-0.2, -0.15) is 0 Å². The Kier molecular flexibility index (Phi) is 4.81. The minimum atomic E-state index is -0.477. The number of nitrogens with one attached hydrogen (secondary N) is 1. The number of carbonyl (C=O) groups excluding carboxylic acids is 1. The van der Waals surface area contributed by atoms with Crippen LogP contribution >= 0.6 is 15.9 Å². The largest absolute Gasteiger partial charge is 0.336 e. The third-order valence-electron chi connectivity index (χ3n) is 3.06. The van der Waals surface area contributed by atoms with E-state index in [-0.39, 0.29) is 5.91 Å². The van der Waals surface area contributed by atoms with Crippen molar-refractivity contribution in [3.05, 3.63) is 41.1 Å². The fourth-order valence-corrected chi connectivity index (χ4v) is 2.32. The van der Waals surface area contributed by atoms with Crippen LogP contribution in [0.3, 0.4) is 0 Å². The van der Waals surface area contributed by atoms with Crippen LogP contribution in [-0.4, -0.2) is 22.9 Å². The second-order valence-electron chi connectivity index (χ2n) is 5.95. The summed E-state index contributed by atoms with van der Waals surface area (Å²) in [4.78, 5) is 22.7. The van der Waals surface area contributed by atoms with E-state index in [1.807, 2.05) is 45.0 Å². The molecule has 2 aromatic rings. The Balaban J connectivity index is 2.35. The van der Waals surface area contributed by atoms with Crippen LogP contribution in [0.4, 0.5) is 17.3 Å². The van der Waals surface area contributed by atoms with Crippen molar-refractivity contribution in [3.63, 3.8) is 0 Å². The summed E-state index contributed by atoms with van der Waals surface area (Å²) in [7, 11) is 1.73. The van der Waals surface area contributed by atoms with Gasteiger partial charge >= 0.3 is 0 Å². The molecule has 2 heterocycles. The number of halogens is 1. The molecule has 22 heavy (non-hydrogen) atoms. The minimum absolute atomic E-state index is 0.00524. The Morgan fingerprint density at radius 3 is 2.45 bits per heavy atom. The maximum absolute atomic E-state index is 12.5. The molecule has 1 N–H and O–H groups in total. The quantitative estimate of drug-likeness (QED) is 0.896. The van der Waals surface area contributed by atoms with Crippen LogP contribution in [0.1, 0.15) is 20.8 Å². The lowest BCUT2D eigenvalue weighted by molar-refractivity contribution is -0.125. The maximum atomic E-state index is 12.5. The lowest BCUT2D eigenvalue weighted by Gasteiger charge is -2.26. The summed E-state index contributed by atoms with van der Waals surface area (Å²) in [6, 6.07) is 7.43. The number of rotatable bonds is 3. The molecule has 2 aromatic heterocycles. The summed E-state index contributed by atoms with van der Waals surface area (Å²) >= 11 is 3.45. The van der Waals surface area contributed by atoms with Gasteiger partial charge < -0.3 is 5.32 Å². The lowest BCUT2D eigenvalue weighted by atomic mass is 9.95. The first kappa shape index (κ1) is 16.4. The van der Waals surface area contributed by atoms with Crippen molar-refractivity contribution in [2.24, 2.45) is 5.41 Å². The fourth-order valence-electron chi connectivity index (χ4n) is 1.97. The Hall–Kier alpha value is -1.95. The molecule has 0 radical (unpaired) electrons. The average Bonchev–Trinajstić information content (AvgIpc) is 2.48. The molecule has 0 aliphatic rings. The van der Waals surface area contributed by atoms with Crippen molar-refractivity contribution < 1.29 is 4.79 Å². The van der Waals surface area contributed by atoms with E-state index < -0.39 is 5.41 Å². The molecule has 6 heteroatoms. The minimum Gasteiger partial charge on any atom is -0.336 e. The number of amides is 1. The first-order valence-corrected chi connectivity index (χ1v) is 7.70. The first-order chi connectivity index (χ1) is 10.3. The van der Waals surface area contributed by atoms with Crippen molar-refractivity contribution in [2.75, 3.05) is 17.3 Å². The van der Waals surface area contributed by atoms with E-state index in [1.54, 1.807) is 24.3 Å². The zero-order valence-corrected chi connectivity index (χ0v) is 14.7. The average molecular weight is 363 g/mol. The second kappa shape index (κ2) is 6.44. The topological polar surface area (TPSA) is 58.1 Å². The third kappa shape index (κ3) is 3.62. The summed E-state index contributed by atoms with van der Waals surface area (Å²) in [6.45, 7) is 5.66. The third-order valence-corrected chi connectivity index (χ3v) is 3.70. The summed E-state index contributed by atoms with van der Waals surface area (Å²) < 4.78 is 0.842. The maximum Gasteiger partial charge on any atom is 0.233 e. The van der Waals surface area contributed by atoms with Gasteiger partial charge in [0.05, 0.1) is 10.2 Å². The number of nitrogens with zero attached hydrogens (tertiary/aromatic N) is 3. The standard InChI is InChI=1S/C16H19BrN4O/c1-16(2,3)15(22)21(4)14-12(8-6-10-19-14)20-13-11(17)7-5-9-18-13/h5-10H,1-4H3,(H,18,20). The zero-order chi connectivity index (χ0) is 16.3. The zero-order valence-electron chi connectivity index (χ0n) is 13.1. The molecule has 0 spiro atoms. The van der Waals surface area contributed by atoms with E-state index in [2.05, 4.69) is 31.2 Å². The molecule has 0 aliphatic carbocycles. The Bertz CT molecular complexity index is 682. The Labute approximate surface area is 138 Å². The molecule has 0 saturated heterocycles. The Morgan fingerprint density at radius 1 is 1.18 bits per heavy atom. The predicted molar refractivity (Wildman–Crippen MR) is 92.3 cm³/mol. The van der Waals surface area contributed by atoms with Gasteiger partial charge in [0.25, 0.3) is 0 Å². The molecule has 0 fully saturated rings. The monoisotopic (exact) mass is 362 g/mol. The van der Waals surface area contributed by atoms with Gasteiger partial charge in [0, 0.05) is 24.9 Å². The van der Waals surface area contributed by atoms with Crippen LogP contribution in [-0.2, 0) is 4.79 Å². The van der Waals surface area contributed by atoms with Crippen molar-refractivity contribution in [1.82, 2.24) is 9.97 Å². The molecule has 1 amide bonds. The molecule has 5 nitrogen and oxygen atoms in total. The molecular formula is C16H19BrN4O. The van der Waals surface area contributed by atoms with Crippen molar-refractivity contribution in [3.8, 4) is 0 Å².